The molecule has 22 heavy (non-hydrogen) atoms. The fourth-order valence-electron chi connectivity index (χ4n) is 2.77. The molecule has 0 aromatic heterocycles. The fraction of sp³-hybridized carbons (Fsp3) is 0.500. The van der Waals surface area contributed by atoms with Gasteiger partial charge in [0.1, 0.15) is 0 Å². The third kappa shape index (κ3) is 3.78. The van der Waals surface area contributed by atoms with Crippen molar-refractivity contribution in [3.05, 3.63) is 44.0 Å². The van der Waals surface area contributed by atoms with E-state index in [0.29, 0.717) is 5.92 Å². The number of hydrogen-bond donors (Lipinski definition) is 1. The molecule has 8 nitrogen and oxygen atoms in total. The highest BCUT2D eigenvalue weighted by Gasteiger charge is 2.24. The summed E-state index contributed by atoms with van der Waals surface area (Å²) in [4.78, 5) is 32.4. The molecule has 2 atom stereocenters. The highest BCUT2D eigenvalue weighted by atomic mass is 16.6. The van der Waals surface area contributed by atoms with Crippen LogP contribution in [0.25, 0.3) is 0 Å². The summed E-state index contributed by atoms with van der Waals surface area (Å²) in [6, 6.07) is 2.98. The Labute approximate surface area is 126 Å². The van der Waals surface area contributed by atoms with Crippen LogP contribution in [0.5, 0.6) is 0 Å². The molecule has 1 aliphatic carbocycles. The van der Waals surface area contributed by atoms with Gasteiger partial charge in [-0.25, -0.2) is 0 Å². The summed E-state index contributed by atoms with van der Waals surface area (Å²) in [6.45, 7) is 2.11. The normalized spacial score (nSPS) is 21.1. The zero-order chi connectivity index (χ0) is 16.3. The van der Waals surface area contributed by atoms with E-state index < -0.39 is 27.1 Å². The molecular formula is C14H17N3O5. The molecular weight excluding hydrogens is 290 g/mol. The number of carbonyl (C=O) groups is 1. The number of nitrogens with one attached hydrogen (secondary N) is 1. The van der Waals surface area contributed by atoms with Crippen LogP contribution in [0.1, 0.15) is 43.0 Å². The highest BCUT2D eigenvalue weighted by Crippen LogP contribution is 2.25. The van der Waals surface area contributed by atoms with E-state index in [9.17, 15) is 25.0 Å². The average molecular weight is 307 g/mol. The maximum Gasteiger partial charge on any atom is 0.277 e. The van der Waals surface area contributed by atoms with Gasteiger partial charge in [0.25, 0.3) is 17.3 Å². The minimum absolute atomic E-state index is 0.00886. The minimum atomic E-state index is -0.744. The van der Waals surface area contributed by atoms with Gasteiger partial charge in [-0.3, -0.25) is 25.0 Å². The van der Waals surface area contributed by atoms with E-state index in [1.54, 1.807) is 0 Å². The third-order valence-electron chi connectivity index (χ3n) is 3.86. The third-order valence-corrected chi connectivity index (χ3v) is 3.86. The summed E-state index contributed by atoms with van der Waals surface area (Å²) in [5, 5.41) is 24.5. The first kappa shape index (κ1) is 15.9. The van der Waals surface area contributed by atoms with Crippen molar-refractivity contribution < 1.29 is 14.6 Å². The van der Waals surface area contributed by atoms with Crippen LogP contribution in [-0.2, 0) is 0 Å². The summed E-state index contributed by atoms with van der Waals surface area (Å²) in [7, 11) is 0. The van der Waals surface area contributed by atoms with E-state index >= 15 is 0 Å². The van der Waals surface area contributed by atoms with Gasteiger partial charge in [0.05, 0.1) is 21.5 Å². The lowest BCUT2D eigenvalue weighted by Gasteiger charge is -2.27. The second-order valence-electron chi connectivity index (χ2n) is 5.69. The Morgan fingerprint density at radius 2 is 1.73 bits per heavy atom. The first-order valence-corrected chi connectivity index (χ1v) is 7.11. The Morgan fingerprint density at radius 1 is 1.14 bits per heavy atom. The topological polar surface area (TPSA) is 115 Å². The number of rotatable bonds is 4. The van der Waals surface area contributed by atoms with Gasteiger partial charge in [-0.05, 0) is 18.8 Å². The van der Waals surface area contributed by atoms with Crippen molar-refractivity contribution in [1.29, 1.82) is 0 Å². The first-order chi connectivity index (χ1) is 10.4. The number of amides is 1. The van der Waals surface area contributed by atoms with Crippen LogP contribution in [-0.4, -0.2) is 21.8 Å². The summed E-state index contributed by atoms with van der Waals surface area (Å²) in [6.07, 6.45) is 3.84. The molecule has 0 bridgehead atoms. The zero-order valence-electron chi connectivity index (χ0n) is 12.2. The second-order valence-corrected chi connectivity index (χ2v) is 5.69. The van der Waals surface area contributed by atoms with Crippen LogP contribution >= 0.6 is 0 Å². The molecule has 2 rings (SSSR count). The molecule has 1 N–H and O–H groups in total. The number of hydrogen-bond acceptors (Lipinski definition) is 5. The Balaban J connectivity index is 2.21. The molecule has 0 spiro atoms. The van der Waals surface area contributed by atoms with Gasteiger partial charge in [-0.2, -0.15) is 0 Å². The maximum atomic E-state index is 12.2. The van der Waals surface area contributed by atoms with Crippen molar-refractivity contribution in [2.24, 2.45) is 5.92 Å². The van der Waals surface area contributed by atoms with Gasteiger partial charge < -0.3 is 5.32 Å². The van der Waals surface area contributed by atoms with Gasteiger partial charge >= 0.3 is 0 Å². The molecule has 0 radical (unpaired) electrons. The van der Waals surface area contributed by atoms with Gasteiger partial charge in [-0.1, -0.05) is 19.8 Å². The van der Waals surface area contributed by atoms with Crippen LogP contribution in [0, 0.1) is 26.1 Å². The minimum Gasteiger partial charge on any atom is -0.349 e. The quantitative estimate of drug-likeness (QED) is 0.678. The SMILES string of the molecule is C[C@@H]1CCC[C@H](NC(=O)c2cc([N+](=O)[O-])cc([N+](=O)[O-])c2)C1. The van der Waals surface area contributed by atoms with E-state index in [4.69, 9.17) is 0 Å². The van der Waals surface area contributed by atoms with E-state index in [1.165, 1.54) is 0 Å². The summed E-state index contributed by atoms with van der Waals surface area (Å²) >= 11 is 0. The molecule has 0 aliphatic heterocycles. The molecule has 1 saturated carbocycles. The Morgan fingerprint density at radius 3 is 2.23 bits per heavy atom. The first-order valence-electron chi connectivity index (χ1n) is 7.11. The Kier molecular flexibility index (Phi) is 4.69. The maximum absolute atomic E-state index is 12.2. The molecule has 8 heteroatoms. The van der Waals surface area contributed by atoms with Crippen molar-refractivity contribution in [1.82, 2.24) is 5.32 Å². The zero-order valence-corrected chi connectivity index (χ0v) is 12.2. The lowest BCUT2D eigenvalue weighted by Crippen LogP contribution is -2.38. The smallest absolute Gasteiger partial charge is 0.277 e. The van der Waals surface area contributed by atoms with Crippen molar-refractivity contribution in [2.75, 3.05) is 0 Å². The second kappa shape index (κ2) is 6.50. The van der Waals surface area contributed by atoms with Gasteiger partial charge in [0, 0.05) is 18.2 Å². The van der Waals surface area contributed by atoms with Crippen molar-refractivity contribution in [3.63, 3.8) is 0 Å². The predicted molar refractivity (Wildman–Crippen MR) is 78.6 cm³/mol. The lowest BCUT2D eigenvalue weighted by atomic mass is 9.87. The molecule has 1 aliphatic rings. The van der Waals surface area contributed by atoms with Crippen molar-refractivity contribution >= 4 is 17.3 Å². The molecule has 0 saturated heterocycles. The van der Waals surface area contributed by atoms with Crippen molar-refractivity contribution in [3.8, 4) is 0 Å². The largest absolute Gasteiger partial charge is 0.349 e. The average Bonchev–Trinajstić information content (AvgIpc) is 2.46. The summed E-state index contributed by atoms with van der Waals surface area (Å²) < 4.78 is 0. The molecule has 118 valence electrons. The molecule has 0 unspecified atom stereocenters. The van der Waals surface area contributed by atoms with Gasteiger partial charge in [0.2, 0.25) is 0 Å². The van der Waals surface area contributed by atoms with Crippen LogP contribution in [0.2, 0.25) is 0 Å². The Bertz CT molecular complexity index is 584. The summed E-state index contributed by atoms with van der Waals surface area (Å²) in [5.74, 6) is 0.00407. The number of benzene rings is 1. The van der Waals surface area contributed by atoms with E-state index in [2.05, 4.69) is 12.2 Å². The fourth-order valence-corrected chi connectivity index (χ4v) is 2.77. The number of nitrogens with zero attached hydrogens (tertiary/aromatic N) is 2. The van der Waals surface area contributed by atoms with Crippen LogP contribution < -0.4 is 5.32 Å². The number of nitro groups is 2. The van der Waals surface area contributed by atoms with Crippen LogP contribution in [0.4, 0.5) is 11.4 Å². The predicted octanol–water partition coefficient (Wildman–Crippen LogP) is 2.81. The van der Waals surface area contributed by atoms with E-state index in [1.807, 2.05) is 0 Å². The van der Waals surface area contributed by atoms with Crippen LogP contribution in [0.15, 0.2) is 18.2 Å². The molecule has 1 aromatic rings. The van der Waals surface area contributed by atoms with E-state index in [0.717, 1.165) is 43.9 Å². The highest BCUT2D eigenvalue weighted by molar-refractivity contribution is 5.95. The molecule has 0 heterocycles. The van der Waals surface area contributed by atoms with Gasteiger partial charge in [0.15, 0.2) is 0 Å². The summed E-state index contributed by atoms with van der Waals surface area (Å²) in [5.41, 5.74) is -0.980. The number of carbonyl (C=O) groups excluding carboxylic acids is 1. The van der Waals surface area contributed by atoms with Gasteiger partial charge in [-0.15, -0.1) is 0 Å². The standard InChI is InChI=1S/C14H17N3O5/c1-9-3-2-4-11(5-9)15-14(18)10-6-12(16(19)20)8-13(7-10)17(21)22/h6-9,11H,2-5H2,1H3,(H,15,18)/t9-,11+/m1/s1. The lowest BCUT2D eigenvalue weighted by molar-refractivity contribution is -0.394. The van der Waals surface area contributed by atoms with E-state index in [-0.39, 0.29) is 11.6 Å². The molecule has 1 amide bonds. The van der Waals surface area contributed by atoms with Crippen LogP contribution in [0.3, 0.4) is 0 Å². The monoisotopic (exact) mass is 307 g/mol. The number of nitro benzene ring substituents is 2. The Hall–Kier alpha value is -2.51. The molecule has 1 aromatic carbocycles. The van der Waals surface area contributed by atoms with Crippen molar-refractivity contribution in [2.45, 2.75) is 38.6 Å². The molecule has 1 fully saturated rings. The number of non-ortho nitro benzene ring substituents is 2.